The minimum atomic E-state index is -0.221. The Balaban J connectivity index is 0.00000243. The van der Waals surface area contributed by atoms with Gasteiger partial charge in [-0.05, 0) is 31.9 Å². The fourth-order valence-electron chi connectivity index (χ4n) is 3.46. The van der Waals surface area contributed by atoms with Gasteiger partial charge in [-0.2, -0.15) is 0 Å². The molecule has 6 nitrogen and oxygen atoms in total. The quantitative estimate of drug-likeness (QED) is 0.301. The zero-order valence-corrected chi connectivity index (χ0v) is 17.5. The van der Waals surface area contributed by atoms with Crippen molar-refractivity contribution in [3.63, 3.8) is 0 Å². The highest BCUT2D eigenvalue weighted by molar-refractivity contribution is 14.0. The number of hydrogen-bond acceptors (Lipinski definition) is 3. The summed E-state index contributed by atoms with van der Waals surface area (Å²) in [5, 5.41) is 6.72. The van der Waals surface area contributed by atoms with Crippen LogP contribution in [-0.2, 0) is 0 Å². The Morgan fingerprint density at radius 3 is 2.31 bits per heavy atom. The first-order chi connectivity index (χ1) is 12.2. The van der Waals surface area contributed by atoms with Crippen LogP contribution in [0.5, 0.6) is 0 Å². The van der Waals surface area contributed by atoms with Crippen molar-refractivity contribution >= 4 is 41.8 Å². The minimum absolute atomic E-state index is 0. The number of hydrogen-bond donors (Lipinski definition) is 2. The third-order valence-corrected chi connectivity index (χ3v) is 4.76. The summed E-state index contributed by atoms with van der Waals surface area (Å²) >= 11 is 0. The van der Waals surface area contributed by atoms with E-state index >= 15 is 0 Å². The number of carbonyl (C=O) groups excluding carboxylic acids is 2. The third-order valence-electron chi connectivity index (χ3n) is 4.76. The number of carbonyl (C=O) groups is 2. The second-order valence-electron chi connectivity index (χ2n) is 6.55. The normalized spacial score (nSPS) is 17.7. The molecular weight excluding hydrogens is 443 g/mol. The highest BCUT2D eigenvalue weighted by Crippen LogP contribution is 2.22. The van der Waals surface area contributed by atoms with E-state index in [2.05, 4.69) is 15.6 Å². The molecule has 7 heteroatoms. The summed E-state index contributed by atoms with van der Waals surface area (Å²) in [6.45, 7) is 3.51. The van der Waals surface area contributed by atoms with Crippen LogP contribution >= 0.6 is 24.0 Å². The fraction of sp³-hybridized carbons (Fsp3) is 0.526. The van der Waals surface area contributed by atoms with Crippen LogP contribution in [0.3, 0.4) is 0 Å². The highest BCUT2D eigenvalue weighted by atomic mass is 127. The largest absolute Gasteiger partial charge is 0.357 e. The molecule has 0 aromatic heterocycles. The Hall–Kier alpha value is -1.64. The van der Waals surface area contributed by atoms with Crippen molar-refractivity contribution in [2.24, 2.45) is 4.99 Å². The maximum atomic E-state index is 12.4. The van der Waals surface area contributed by atoms with Crippen molar-refractivity contribution < 1.29 is 9.59 Å². The van der Waals surface area contributed by atoms with Gasteiger partial charge in [-0.15, -0.1) is 24.0 Å². The molecule has 0 radical (unpaired) electrons. The molecule has 0 unspecified atom stereocenters. The summed E-state index contributed by atoms with van der Waals surface area (Å²) in [5.74, 6) is 0.327. The second-order valence-corrected chi connectivity index (χ2v) is 6.55. The summed E-state index contributed by atoms with van der Waals surface area (Å²) in [7, 11) is 0. The number of aliphatic imine (C=N–C) groups is 1. The molecule has 0 bridgehead atoms. The van der Waals surface area contributed by atoms with Crippen molar-refractivity contribution in [3.8, 4) is 0 Å². The lowest BCUT2D eigenvalue weighted by Crippen LogP contribution is -2.44. The van der Waals surface area contributed by atoms with Gasteiger partial charge in [0, 0.05) is 19.1 Å². The monoisotopic (exact) mass is 470 g/mol. The van der Waals surface area contributed by atoms with Gasteiger partial charge in [0.05, 0.1) is 17.7 Å². The van der Waals surface area contributed by atoms with E-state index in [9.17, 15) is 9.59 Å². The van der Waals surface area contributed by atoms with E-state index in [1.165, 1.54) is 37.0 Å². The van der Waals surface area contributed by atoms with E-state index in [0.717, 1.165) is 12.5 Å². The number of guanidine groups is 1. The van der Waals surface area contributed by atoms with Crippen molar-refractivity contribution in [2.75, 3.05) is 19.6 Å². The molecular formula is C19H27IN4O2. The number of halogens is 1. The third kappa shape index (κ3) is 4.75. The Morgan fingerprint density at radius 1 is 1.12 bits per heavy atom. The predicted molar refractivity (Wildman–Crippen MR) is 113 cm³/mol. The topological polar surface area (TPSA) is 73.8 Å². The number of nitrogens with one attached hydrogen (secondary N) is 2. The summed E-state index contributed by atoms with van der Waals surface area (Å²) in [6, 6.07) is 7.43. The molecule has 3 rings (SSSR count). The molecule has 26 heavy (non-hydrogen) atoms. The van der Waals surface area contributed by atoms with Gasteiger partial charge < -0.3 is 10.6 Å². The summed E-state index contributed by atoms with van der Waals surface area (Å²) < 4.78 is 0. The lowest BCUT2D eigenvalue weighted by molar-refractivity contribution is 0.0659. The van der Waals surface area contributed by atoms with Crippen LogP contribution in [0, 0.1) is 0 Å². The molecule has 1 aromatic carbocycles. The summed E-state index contributed by atoms with van der Waals surface area (Å²) in [6.07, 6.45) is 6.16. The van der Waals surface area contributed by atoms with Gasteiger partial charge in [0.2, 0.25) is 0 Å². The SMILES string of the molecule is CCNC(=NCCN1C(=O)c2ccccc2C1=O)NC1CCCCC1.I. The van der Waals surface area contributed by atoms with Crippen molar-refractivity contribution in [1.82, 2.24) is 15.5 Å². The van der Waals surface area contributed by atoms with Crippen LogP contribution in [-0.4, -0.2) is 48.3 Å². The van der Waals surface area contributed by atoms with Gasteiger partial charge in [0.15, 0.2) is 5.96 Å². The molecule has 1 saturated carbocycles. The van der Waals surface area contributed by atoms with Crippen LogP contribution in [0.25, 0.3) is 0 Å². The number of fused-ring (bicyclic) bond motifs is 1. The number of nitrogens with zero attached hydrogens (tertiary/aromatic N) is 2. The second kappa shape index (κ2) is 9.89. The number of benzene rings is 1. The smallest absolute Gasteiger partial charge is 0.261 e. The predicted octanol–water partition coefficient (Wildman–Crippen LogP) is 2.79. The average molecular weight is 470 g/mol. The first-order valence-corrected chi connectivity index (χ1v) is 9.20. The summed E-state index contributed by atoms with van der Waals surface area (Å²) in [4.78, 5) is 30.5. The number of rotatable bonds is 5. The van der Waals surface area contributed by atoms with Crippen LogP contribution in [0.2, 0.25) is 0 Å². The van der Waals surface area contributed by atoms with Crippen molar-refractivity contribution in [3.05, 3.63) is 35.4 Å². The molecule has 0 saturated heterocycles. The first-order valence-electron chi connectivity index (χ1n) is 9.20. The Labute approximate surface area is 171 Å². The molecule has 1 aliphatic carbocycles. The number of imide groups is 1. The van der Waals surface area contributed by atoms with Gasteiger partial charge >= 0.3 is 0 Å². The average Bonchev–Trinajstić information content (AvgIpc) is 2.88. The first kappa shape index (κ1) is 20.7. The molecule has 0 atom stereocenters. The lowest BCUT2D eigenvalue weighted by Gasteiger charge is -2.25. The van der Waals surface area contributed by atoms with Gasteiger partial charge in [-0.3, -0.25) is 19.5 Å². The molecule has 2 aliphatic rings. The molecule has 1 fully saturated rings. The maximum absolute atomic E-state index is 12.4. The molecule has 1 heterocycles. The highest BCUT2D eigenvalue weighted by Gasteiger charge is 2.34. The van der Waals surface area contributed by atoms with E-state index in [1.54, 1.807) is 24.3 Å². The zero-order valence-electron chi connectivity index (χ0n) is 15.2. The fourth-order valence-corrected chi connectivity index (χ4v) is 3.46. The molecule has 2 amide bonds. The molecule has 1 aliphatic heterocycles. The van der Waals surface area contributed by atoms with Crippen LogP contribution in [0.1, 0.15) is 59.7 Å². The number of amides is 2. The Morgan fingerprint density at radius 2 is 1.73 bits per heavy atom. The molecule has 0 spiro atoms. The van der Waals surface area contributed by atoms with Gasteiger partial charge in [-0.25, -0.2) is 0 Å². The summed E-state index contributed by atoms with van der Waals surface area (Å²) in [5.41, 5.74) is 0.979. The van der Waals surface area contributed by atoms with E-state index < -0.39 is 0 Å². The minimum Gasteiger partial charge on any atom is -0.357 e. The standard InChI is InChI=1S/C19H26N4O2.HI/c1-2-20-19(22-14-8-4-3-5-9-14)21-12-13-23-17(24)15-10-6-7-11-16(15)18(23)25;/h6-7,10-11,14H,2-5,8-9,12-13H2,1H3,(H2,20,21,22);1H. The van der Waals surface area contributed by atoms with Crippen molar-refractivity contribution in [2.45, 2.75) is 45.1 Å². The lowest BCUT2D eigenvalue weighted by atomic mass is 9.96. The molecule has 2 N–H and O–H groups in total. The van der Waals surface area contributed by atoms with E-state index in [0.29, 0.717) is 30.3 Å². The van der Waals surface area contributed by atoms with Gasteiger partial charge in [-0.1, -0.05) is 31.4 Å². The van der Waals surface area contributed by atoms with Gasteiger partial charge in [0.1, 0.15) is 0 Å². The molecule has 142 valence electrons. The maximum Gasteiger partial charge on any atom is 0.261 e. The van der Waals surface area contributed by atoms with Crippen LogP contribution in [0.15, 0.2) is 29.3 Å². The van der Waals surface area contributed by atoms with Crippen LogP contribution in [0.4, 0.5) is 0 Å². The van der Waals surface area contributed by atoms with Gasteiger partial charge in [0.25, 0.3) is 11.8 Å². The van der Waals surface area contributed by atoms with E-state index in [-0.39, 0.29) is 35.8 Å². The Kier molecular flexibility index (Phi) is 7.86. The van der Waals surface area contributed by atoms with E-state index in [1.807, 2.05) is 6.92 Å². The zero-order chi connectivity index (χ0) is 17.6. The van der Waals surface area contributed by atoms with Crippen molar-refractivity contribution in [1.29, 1.82) is 0 Å². The van der Waals surface area contributed by atoms with E-state index in [4.69, 9.17) is 0 Å². The molecule has 1 aromatic rings. The van der Waals surface area contributed by atoms with Crippen LogP contribution < -0.4 is 10.6 Å². The Bertz CT molecular complexity index is 636.